The number of aromatic nitrogens is 2. The minimum Gasteiger partial charge on any atom is -0.350 e. The molecule has 0 saturated carbocycles. The summed E-state index contributed by atoms with van der Waals surface area (Å²) in [6, 6.07) is 27.8. The second-order valence-corrected chi connectivity index (χ2v) is 11.8. The molecule has 44 heavy (non-hydrogen) atoms. The number of amides is 2. The van der Waals surface area contributed by atoms with Crippen LogP contribution in [0.15, 0.2) is 97.1 Å². The van der Waals surface area contributed by atoms with Crippen LogP contribution in [0, 0.1) is 25.5 Å². The largest absolute Gasteiger partial charge is 0.350 e. The van der Waals surface area contributed by atoms with Gasteiger partial charge in [0.05, 0.1) is 22.4 Å². The number of hydrogen-bond acceptors (Lipinski definition) is 4. The van der Waals surface area contributed by atoms with Crippen molar-refractivity contribution < 1.29 is 18.4 Å². The van der Waals surface area contributed by atoms with Gasteiger partial charge in [0, 0.05) is 17.7 Å². The maximum atomic E-state index is 14.0. The highest BCUT2D eigenvalue weighted by molar-refractivity contribution is 8.00. The van der Waals surface area contributed by atoms with Gasteiger partial charge in [-0.25, -0.2) is 13.5 Å². The molecular formula is C35H30F2N4O2S. The van der Waals surface area contributed by atoms with Crippen LogP contribution in [0.2, 0.25) is 0 Å². The number of thioether (sulfide) groups is 1. The maximum absolute atomic E-state index is 14.0. The zero-order valence-electron chi connectivity index (χ0n) is 24.3. The molecule has 6 nitrogen and oxygen atoms in total. The Morgan fingerprint density at radius 1 is 0.909 bits per heavy atom. The molecule has 222 valence electrons. The standard InChI is InChI=1S/C35H30F2N4O2S/c1-22-7-6-10-29(23(22)2)41-35-32(33(39-41)25-8-4-3-5-9-25)34(26-13-17-28(37)18-14-26)44-21-31(43)40(35)20-30(42)38-19-24-11-15-27(36)16-12-24/h3-18,34H,19-21H2,1-2H3,(H,38,42)/t34-/m1/s1. The first-order chi connectivity index (χ1) is 21.3. The molecule has 1 N–H and O–H groups in total. The zero-order chi connectivity index (χ0) is 30.8. The lowest BCUT2D eigenvalue weighted by Crippen LogP contribution is -2.42. The molecule has 1 atom stereocenters. The summed E-state index contributed by atoms with van der Waals surface area (Å²) in [6.07, 6.45) is 0. The number of benzene rings is 4. The molecular weight excluding hydrogens is 578 g/mol. The monoisotopic (exact) mass is 608 g/mol. The number of nitrogens with one attached hydrogen (secondary N) is 1. The number of rotatable bonds is 7. The molecule has 0 radical (unpaired) electrons. The second-order valence-electron chi connectivity index (χ2n) is 10.7. The Hall–Kier alpha value is -4.76. The molecule has 0 fully saturated rings. The van der Waals surface area contributed by atoms with Gasteiger partial charge in [0.15, 0.2) is 0 Å². The topological polar surface area (TPSA) is 67.2 Å². The number of carbonyl (C=O) groups is 2. The van der Waals surface area contributed by atoms with Crippen molar-refractivity contribution in [1.29, 1.82) is 0 Å². The van der Waals surface area contributed by atoms with E-state index in [2.05, 4.69) is 5.32 Å². The Morgan fingerprint density at radius 2 is 1.59 bits per heavy atom. The van der Waals surface area contributed by atoms with Gasteiger partial charge in [0.25, 0.3) is 0 Å². The summed E-state index contributed by atoms with van der Waals surface area (Å²) in [7, 11) is 0. The van der Waals surface area contributed by atoms with E-state index < -0.39 is 0 Å². The van der Waals surface area contributed by atoms with Crippen molar-refractivity contribution >= 4 is 29.4 Å². The van der Waals surface area contributed by atoms with Crippen molar-refractivity contribution in [3.8, 4) is 16.9 Å². The molecule has 5 aromatic rings. The zero-order valence-corrected chi connectivity index (χ0v) is 25.1. The van der Waals surface area contributed by atoms with Gasteiger partial charge in [-0.1, -0.05) is 66.7 Å². The van der Waals surface area contributed by atoms with E-state index in [1.54, 1.807) is 28.9 Å². The second kappa shape index (κ2) is 12.5. The van der Waals surface area contributed by atoms with Gasteiger partial charge < -0.3 is 5.32 Å². The third kappa shape index (κ3) is 5.88. The Kier molecular flexibility index (Phi) is 8.30. The molecule has 2 heterocycles. The number of hydrogen-bond donors (Lipinski definition) is 1. The third-order valence-electron chi connectivity index (χ3n) is 7.82. The van der Waals surface area contributed by atoms with E-state index in [0.717, 1.165) is 39.1 Å². The molecule has 2 amide bonds. The van der Waals surface area contributed by atoms with Crippen LogP contribution in [0.4, 0.5) is 14.6 Å². The normalized spacial score (nSPS) is 14.7. The lowest BCUT2D eigenvalue weighted by Gasteiger charge is -2.24. The molecule has 9 heteroatoms. The Morgan fingerprint density at radius 3 is 2.30 bits per heavy atom. The molecule has 6 rings (SSSR count). The van der Waals surface area contributed by atoms with E-state index in [1.165, 1.54) is 40.9 Å². The quantitative estimate of drug-likeness (QED) is 0.218. The predicted molar refractivity (Wildman–Crippen MR) is 170 cm³/mol. The Bertz CT molecular complexity index is 1820. The molecule has 0 unspecified atom stereocenters. The lowest BCUT2D eigenvalue weighted by molar-refractivity contribution is -0.123. The number of fused-ring (bicyclic) bond motifs is 1. The molecule has 0 bridgehead atoms. The lowest BCUT2D eigenvalue weighted by atomic mass is 9.99. The molecule has 0 aliphatic carbocycles. The number of aryl methyl sites for hydroxylation is 1. The van der Waals surface area contributed by atoms with Crippen LogP contribution >= 0.6 is 11.8 Å². The van der Waals surface area contributed by atoms with Crippen molar-refractivity contribution in [2.75, 3.05) is 17.2 Å². The number of halogens is 2. The summed E-state index contributed by atoms with van der Waals surface area (Å²) in [5.41, 5.74) is 6.70. The first-order valence-corrected chi connectivity index (χ1v) is 15.3. The van der Waals surface area contributed by atoms with Crippen LogP contribution in [0.5, 0.6) is 0 Å². The summed E-state index contributed by atoms with van der Waals surface area (Å²) >= 11 is 1.43. The molecule has 4 aromatic carbocycles. The number of nitrogens with zero attached hydrogens (tertiary/aromatic N) is 3. The van der Waals surface area contributed by atoms with E-state index in [1.807, 2.05) is 62.4 Å². The van der Waals surface area contributed by atoms with E-state index in [9.17, 15) is 18.4 Å². The van der Waals surface area contributed by atoms with Crippen molar-refractivity contribution in [1.82, 2.24) is 15.1 Å². The summed E-state index contributed by atoms with van der Waals surface area (Å²) in [5.74, 6) is -0.720. The minimum atomic E-state index is -0.367. The van der Waals surface area contributed by atoms with Gasteiger partial charge in [-0.2, -0.15) is 5.10 Å². The van der Waals surface area contributed by atoms with E-state index in [-0.39, 0.29) is 47.5 Å². The highest BCUT2D eigenvalue weighted by Crippen LogP contribution is 2.48. The summed E-state index contributed by atoms with van der Waals surface area (Å²) in [4.78, 5) is 28.8. The number of anilines is 1. The Labute approximate surface area is 258 Å². The van der Waals surface area contributed by atoms with E-state index >= 15 is 0 Å². The summed E-state index contributed by atoms with van der Waals surface area (Å²) < 4.78 is 29.2. The first-order valence-electron chi connectivity index (χ1n) is 14.2. The molecule has 0 spiro atoms. The van der Waals surface area contributed by atoms with Crippen molar-refractivity contribution in [2.45, 2.75) is 25.6 Å². The molecule has 1 aromatic heterocycles. The summed E-state index contributed by atoms with van der Waals surface area (Å²) in [6.45, 7) is 3.97. The average Bonchev–Trinajstić information content (AvgIpc) is 3.35. The van der Waals surface area contributed by atoms with Gasteiger partial charge in [-0.05, 0) is 66.4 Å². The van der Waals surface area contributed by atoms with Gasteiger partial charge in [0.2, 0.25) is 11.8 Å². The molecule has 1 aliphatic heterocycles. The average molecular weight is 609 g/mol. The highest BCUT2D eigenvalue weighted by atomic mass is 32.2. The molecule has 0 saturated heterocycles. The molecule has 1 aliphatic rings. The predicted octanol–water partition coefficient (Wildman–Crippen LogP) is 6.92. The van der Waals surface area contributed by atoms with Crippen LogP contribution in [-0.4, -0.2) is 33.9 Å². The van der Waals surface area contributed by atoms with Crippen LogP contribution < -0.4 is 10.2 Å². The SMILES string of the molecule is Cc1cccc(-n2nc(-c3ccccc3)c3c2N(CC(=O)NCc2ccc(F)cc2)C(=O)CS[C@@H]3c2ccc(F)cc2)c1C. The Balaban J connectivity index is 1.52. The fourth-order valence-electron chi connectivity index (χ4n) is 5.36. The smallest absolute Gasteiger partial charge is 0.240 e. The van der Waals surface area contributed by atoms with Crippen molar-refractivity contribution in [3.05, 3.63) is 137 Å². The van der Waals surface area contributed by atoms with Gasteiger partial charge >= 0.3 is 0 Å². The van der Waals surface area contributed by atoms with Gasteiger partial charge in [-0.3, -0.25) is 14.5 Å². The van der Waals surface area contributed by atoms with Gasteiger partial charge in [0.1, 0.15) is 24.0 Å². The first kappa shape index (κ1) is 29.3. The minimum absolute atomic E-state index is 0.100. The fraction of sp³-hybridized carbons (Fsp3) is 0.171. The van der Waals surface area contributed by atoms with Crippen LogP contribution in [-0.2, 0) is 16.1 Å². The highest BCUT2D eigenvalue weighted by Gasteiger charge is 2.38. The van der Waals surface area contributed by atoms with Crippen molar-refractivity contribution in [2.24, 2.45) is 0 Å². The fourth-order valence-corrected chi connectivity index (χ4v) is 6.56. The van der Waals surface area contributed by atoms with E-state index in [4.69, 9.17) is 5.10 Å². The van der Waals surface area contributed by atoms with Crippen LogP contribution in [0.3, 0.4) is 0 Å². The van der Waals surface area contributed by atoms with Crippen LogP contribution in [0.1, 0.15) is 33.1 Å². The summed E-state index contributed by atoms with van der Waals surface area (Å²) in [5, 5.41) is 7.64. The van der Waals surface area contributed by atoms with E-state index in [0.29, 0.717) is 11.5 Å². The maximum Gasteiger partial charge on any atom is 0.240 e. The van der Waals surface area contributed by atoms with Gasteiger partial charge in [-0.15, -0.1) is 11.8 Å². The number of carbonyl (C=O) groups excluding carboxylic acids is 2. The third-order valence-corrected chi connectivity index (χ3v) is 9.07. The van der Waals surface area contributed by atoms with Crippen LogP contribution in [0.25, 0.3) is 16.9 Å². The van der Waals surface area contributed by atoms with Crippen molar-refractivity contribution in [3.63, 3.8) is 0 Å².